The Bertz CT molecular complexity index is 740. The second-order valence-corrected chi connectivity index (χ2v) is 8.08. The largest absolute Gasteiger partial charge is 0.508 e. The van der Waals surface area contributed by atoms with E-state index in [1.54, 1.807) is 13.0 Å². The van der Waals surface area contributed by atoms with Crippen LogP contribution in [0.4, 0.5) is 4.79 Å². The number of allylic oxidation sites excluding steroid dienone is 1. The van der Waals surface area contributed by atoms with E-state index in [0.29, 0.717) is 19.6 Å². The molecule has 2 spiro atoms. The van der Waals surface area contributed by atoms with Crippen LogP contribution in [-0.4, -0.2) is 63.5 Å². The molecule has 2 bridgehead atoms. The van der Waals surface area contributed by atoms with E-state index in [1.165, 1.54) is 0 Å². The Morgan fingerprint density at radius 3 is 2.64 bits per heavy atom. The number of carbonyl (C=O) groups excluding carboxylic acids is 3. The van der Waals surface area contributed by atoms with Crippen molar-refractivity contribution in [2.45, 2.75) is 25.6 Å². The number of fused-ring (bicyclic) bond motifs is 4. The van der Waals surface area contributed by atoms with Crippen LogP contribution >= 0.6 is 0 Å². The summed E-state index contributed by atoms with van der Waals surface area (Å²) in [4.78, 5) is 37.6. The Morgan fingerprint density at radius 1 is 1.14 bits per heavy atom. The maximum Gasteiger partial charge on any atom is 0.508 e. The average Bonchev–Trinajstić information content (AvgIpc) is 3.05. The van der Waals surface area contributed by atoms with Crippen LogP contribution in [0.25, 0.3) is 0 Å². The molecule has 0 unspecified atom stereocenters. The van der Waals surface area contributed by atoms with E-state index < -0.39 is 53.0 Å². The Balaban J connectivity index is 1.66. The molecule has 0 aromatic heterocycles. The highest BCUT2D eigenvalue weighted by Gasteiger charge is 2.74. The van der Waals surface area contributed by atoms with Crippen LogP contribution in [0.5, 0.6) is 0 Å². The SMILES string of the molecule is CCOC(=O)[C@H]1C=C[C@H]2C3(COCOC3)[C@H]3C[C@H](OC(=O)O3)[C@@]23COC(=O)[C@@H]13. The van der Waals surface area contributed by atoms with Gasteiger partial charge in [0.1, 0.15) is 25.6 Å². The fraction of sp³-hybridized carbons (Fsp3) is 0.737. The van der Waals surface area contributed by atoms with Gasteiger partial charge >= 0.3 is 18.1 Å². The van der Waals surface area contributed by atoms with E-state index in [4.69, 9.17) is 28.4 Å². The van der Waals surface area contributed by atoms with E-state index in [1.807, 2.05) is 6.08 Å². The van der Waals surface area contributed by atoms with E-state index in [2.05, 4.69) is 0 Å². The van der Waals surface area contributed by atoms with Gasteiger partial charge in [-0.15, -0.1) is 0 Å². The van der Waals surface area contributed by atoms with Crippen molar-refractivity contribution in [3.8, 4) is 0 Å². The molecule has 9 nitrogen and oxygen atoms in total. The lowest BCUT2D eigenvalue weighted by Gasteiger charge is -2.61. The van der Waals surface area contributed by atoms with Gasteiger partial charge < -0.3 is 28.4 Å². The molecule has 28 heavy (non-hydrogen) atoms. The monoisotopic (exact) mass is 394 g/mol. The number of ether oxygens (including phenoxy) is 6. The zero-order chi connectivity index (χ0) is 19.5. The quantitative estimate of drug-likeness (QED) is 0.382. The molecule has 6 atom stereocenters. The molecule has 0 aromatic rings. The Labute approximate surface area is 161 Å². The first-order valence-corrected chi connectivity index (χ1v) is 9.57. The number of carbonyl (C=O) groups is 3. The molecular weight excluding hydrogens is 372 g/mol. The first kappa shape index (κ1) is 17.9. The van der Waals surface area contributed by atoms with Crippen LogP contribution in [0.1, 0.15) is 13.3 Å². The number of hydrogen-bond acceptors (Lipinski definition) is 9. The van der Waals surface area contributed by atoms with Gasteiger partial charge in [-0.2, -0.15) is 0 Å². The smallest absolute Gasteiger partial charge is 0.466 e. The second kappa shape index (κ2) is 6.18. The summed E-state index contributed by atoms with van der Waals surface area (Å²) in [5, 5.41) is 0. The second-order valence-electron chi connectivity index (χ2n) is 8.08. The van der Waals surface area contributed by atoms with E-state index >= 15 is 0 Å². The molecule has 9 heteroatoms. The summed E-state index contributed by atoms with van der Waals surface area (Å²) in [5.74, 6) is -2.81. The van der Waals surface area contributed by atoms with Gasteiger partial charge in [-0.3, -0.25) is 9.59 Å². The summed E-state index contributed by atoms with van der Waals surface area (Å²) >= 11 is 0. The molecule has 2 aliphatic carbocycles. The lowest BCUT2D eigenvalue weighted by atomic mass is 9.46. The van der Waals surface area contributed by atoms with Crippen molar-refractivity contribution in [3.05, 3.63) is 12.2 Å². The molecule has 4 fully saturated rings. The van der Waals surface area contributed by atoms with Crippen molar-refractivity contribution in [3.63, 3.8) is 0 Å². The zero-order valence-corrected chi connectivity index (χ0v) is 15.5. The van der Waals surface area contributed by atoms with Gasteiger partial charge in [0.15, 0.2) is 0 Å². The van der Waals surface area contributed by atoms with Crippen LogP contribution in [0, 0.1) is 28.6 Å². The lowest BCUT2D eigenvalue weighted by Crippen LogP contribution is -2.71. The van der Waals surface area contributed by atoms with E-state index in [0.717, 1.165) is 0 Å². The molecule has 3 aliphatic heterocycles. The van der Waals surface area contributed by atoms with Gasteiger partial charge in [0.2, 0.25) is 0 Å². The molecule has 152 valence electrons. The standard InChI is InChI=1S/C19H22O9/c1-2-25-15(20)10-3-4-11-18(6-23-9-24-7-18)12-5-13(28-17(22)27-12)19(11)8-26-16(21)14(10)19/h3-4,10-14H,2,5-9H2,1H3/t10-,11-,12+,13-,14+,19+/m0/s1. The summed E-state index contributed by atoms with van der Waals surface area (Å²) in [6, 6.07) is 0. The van der Waals surface area contributed by atoms with Crippen molar-refractivity contribution in [1.82, 2.24) is 0 Å². The van der Waals surface area contributed by atoms with Gasteiger partial charge in [-0.05, 0) is 6.92 Å². The maximum atomic E-state index is 12.8. The van der Waals surface area contributed by atoms with E-state index in [-0.39, 0.29) is 25.9 Å². The molecule has 0 aromatic carbocycles. The van der Waals surface area contributed by atoms with E-state index in [9.17, 15) is 14.4 Å². The minimum atomic E-state index is -0.886. The minimum Gasteiger partial charge on any atom is -0.466 e. The molecule has 1 saturated carbocycles. The van der Waals surface area contributed by atoms with Crippen molar-refractivity contribution in [2.75, 3.05) is 33.2 Å². The molecular formula is C19H22O9. The van der Waals surface area contributed by atoms with Gasteiger partial charge in [-0.25, -0.2) is 4.79 Å². The third-order valence-electron chi connectivity index (χ3n) is 6.98. The van der Waals surface area contributed by atoms with Gasteiger partial charge in [0.25, 0.3) is 0 Å². The summed E-state index contributed by atoms with van der Waals surface area (Å²) in [7, 11) is 0. The third kappa shape index (κ3) is 2.17. The highest BCUT2D eigenvalue weighted by atomic mass is 16.7. The summed E-state index contributed by atoms with van der Waals surface area (Å²) in [5.41, 5.74) is -1.56. The topological polar surface area (TPSA) is 107 Å². The molecule has 5 rings (SSSR count). The van der Waals surface area contributed by atoms with Gasteiger partial charge in [0.05, 0.1) is 42.5 Å². The number of hydrogen-bond donors (Lipinski definition) is 0. The highest BCUT2D eigenvalue weighted by molar-refractivity contribution is 5.86. The van der Waals surface area contributed by atoms with Gasteiger partial charge in [-0.1, -0.05) is 12.2 Å². The van der Waals surface area contributed by atoms with Crippen LogP contribution in [0.2, 0.25) is 0 Å². The minimum absolute atomic E-state index is 0.0633. The van der Waals surface area contributed by atoms with Crippen LogP contribution in [-0.2, 0) is 38.0 Å². The van der Waals surface area contributed by atoms with Crippen molar-refractivity contribution in [1.29, 1.82) is 0 Å². The summed E-state index contributed by atoms with van der Waals surface area (Å²) in [6.45, 7) is 2.79. The fourth-order valence-electron chi connectivity index (χ4n) is 5.92. The average molecular weight is 394 g/mol. The molecule has 3 heterocycles. The van der Waals surface area contributed by atoms with Gasteiger partial charge in [0, 0.05) is 12.3 Å². The Morgan fingerprint density at radius 2 is 1.89 bits per heavy atom. The Kier molecular flexibility index (Phi) is 3.96. The third-order valence-corrected chi connectivity index (χ3v) is 6.98. The first-order chi connectivity index (χ1) is 13.5. The zero-order valence-electron chi connectivity index (χ0n) is 15.5. The van der Waals surface area contributed by atoms with Crippen LogP contribution in [0.15, 0.2) is 12.2 Å². The molecule has 0 radical (unpaired) electrons. The summed E-state index contributed by atoms with van der Waals surface area (Å²) < 4.78 is 33.0. The maximum absolute atomic E-state index is 12.8. The van der Waals surface area contributed by atoms with Crippen molar-refractivity contribution < 1.29 is 42.8 Å². The fourth-order valence-corrected chi connectivity index (χ4v) is 5.92. The number of cyclic esters (lactones) is 1. The van der Waals surface area contributed by atoms with Crippen molar-refractivity contribution >= 4 is 18.1 Å². The normalized spacial score (nSPS) is 42.7. The molecule has 0 amide bonds. The number of esters is 2. The molecule has 3 saturated heterocycles. The van der Waals surface area contributed by atoms with Crippen LogP contribution in [0.3, 0.4) is 0 Å². The predicted octanol–water partition coefficient (Wildman–Crippen LogP) is 0.809. The first-order valence-electron chi connectivity index (χ1n) is 9.57. The highest BCUT2D eigenvalue weighted by Crippen LogP contribution is 2.64. The lowest BCUT2D eigenvalue weighted by molar-refractivity contribution is -0.285. The molecule has 0 N–H and O–H groups in total. The molecule has 5 aliphatic rings. The Hall–Kier alpha value is -2.13. The summed E-state index contributed by atoms with van der Waals surface area (Å²) in [6.07, 6.45) is 2.19. The van der Waals surface area contributed by atoms with Crippen molar-refractivity contribution in [2.24, 2.45) is 28.6 Å². The van der Waals surface area contributed by atoms with Crippen LogP contribution < -0.4 is 0 Å². The predicted molar refractivity (Wildman–Crippen MR) is 88.6 cm³/mol. The number of rotatable bonds is 2.